The molecule has 1 N–H and O–H groups in total. The summed E-state index contributed by atoms with van der Waals surface area (Å²) in [7, 11) is 1.34. The van der Waals surface area contributed by atoms with Gasteiger partial charge in [-0.15, -0.1) is 11.6 Å². The Labute approximate surface area is 122 Å². The molecule has 1 aromatic carbocycles. The van der Waals surface area contributed by atoms with Crippen molar-refractivity contribution in [1.29, 1.82) is 0 Å². The van der Waals surface area contributed by atoms with E-state index in [2.05, 4.69) is 5.32 Å². The van der Waals surface area contributed by atoms with Crippen LogP contribution in [0.1, 0.15) is 24.2 Å². The van der Waals surface area contributed by atoms with E-state index in [0.717, 1.165) is 0 Å². The van der Waals surface area contributed by atoms with Gasteiger partial charge < -0.3 is 10.1 Å². The summed E-state index contributed by atoms with van der Waals surface area (Å²) in [4.78, 5) is 22.4. The van der Waals surface area contributed by atoms with E-state index in [0.29, 0.717) is 5.88 Å². The van der Waals surface area contributed by atoms with Crippen molar-refractivity contribution in [2.75, 3.05) is 13.0 Å². The highest BCUT2D eigenvalue weighted by Gasteiger charge is 2.20. The van der Waals surface area contributed by atoms with E-state index in [-0.39, 0.29) is 34.9 Å². The summed E-state index contributed by atoms with van der Waals surface area (Å²) in [5.41, 5.74) is -0.0238. The van der Waals surface area contributed by atoms with Gasteiger partial charge in [-0.3, -0.25) is 14.9 Å². The molecule has 1 amide bonds. The topological polar surface area (TPSA) is 81.5 Å². The molecule has 20 heavy (non-hydrogen) atoms. The standard InChI is InChI=1S/C13H17ClN2O4/c1-8(7-14)9(2)15-13(17)10-4-5-12(20-3)11(6-10)16(18)19/h4-6,8-9H,7H2,1-3H3,(H,15,17). The number of methoxy groups -OCH3 is 1. The second kappa shape index (κ2) is 7.09. The molecular weight excluding hydrogens is 284 g/mol. The first-order valence-corrected chi connectivity index (χ1v) is 6.63. The molecule has 0 bridgehead atoms. The smallest absolute Gasteiger partial charge is 0.311 e. The molecule has 0 saturated heterocycles. The van der Waals surface area contributed by atoms with Gasteiger partial charge in [0.15, 0.2) is 5.75 Å². The van der Waals surface area contributed by atoms with Gasteiger partial charge in [-0.25, -0.2) is 0 Å². The van der Waals surface area contributed by atoms with Crippen molar-refractivity contribution in [2.45, 2.75) is 19.9 Å². The van der Waals surface area contributed by atoms with E-state index >= 15 is 0 Å². The van der Waals surface area contributed by atoms with Crippen LogP contribution in [0.5, 0.6) is 5.75 Å². The lowest BCUT2D eigenvalue weighted by atomic mass is 10.1. The Morgan fingerprint density at radius 2 is 2.15 bits per heavy atom. The molecule has 0 radical (unpaired) electrons. The van der Waals surface area contributed by atoms with Gasteiger partial charge in [-0.1, -0.05) is 6.92 Å². The number of carbonyl (C=O) groups excluding carboxylic acids is 1. The number of nitro benzene ring substituents is 1. The number of carbonyl (C=O) groups is 1. The second-order valence-electron chi connectivity index (χ2n) is 4.54. The Morgan fingerprint density at radius 1 is 1.50 bits per heavy atom. The fraction of sp³-hybridized carbons (Fsp3) is 0.462. The molecule has 7 heteroatoms. The van der Waals surface area contributed by atoms with Crippen LogP contribution in [0.2, 0.25) is 0 Å². The Hall–Kier alpha value is -1.82. The highest BCUT2D eigenvalue weighted by Crippen LogP contribution is 2.27. The lowest BCUT2D eigenvalue weighted by Crippen LogP contribution is -2.37. The zero-order chi connectivity index (χ0) is 15.3. The highest BCUT2D eigenvalue weighted by molar-refractivity contribution is 6.18. The average Bonchev–Trinajstić information content (AvgIpc) is 2.45. The summed E-state index contributed by atoms with van der Waals surface area (Å²) in [6, 6.07) is 3.97. The number of amides is 1. The molecule has 0 aromatic heterocycles. The molecule has 2 atom stereocenters. The van der Waals surface area contributed by atoms with Crippen LogP contribution in [0.15, 0.2) is 18.2 Å². The maximum Gasteiger partial charge on any atom is 0.311 e. The van der Waals surface area contributed by atoms with Gasteiger partial charge in [0.25, 0.3) is 5.91 Å². The summed E-state index contributed by atoms with van der Waals surface area (Å²) < 4.78 is 4.89. The maximum atomic E-state index is 12.0. The van der Waals surface area contributed by atoms with Crippen molar-refractivity contribution in [3.05, 3.63) is 33.9 Å². The molecule has 6 nitrogen and oxygen atoms in total. The minimum absolute atomic E-state index is 0.105. The third-order valence-electron chi connectivity index (χ3n) is 3.09. The number of hydrogen-bond acceptors (Lipinski definition) is 4. The molecule has 0 aliphatic heterocycles. The van der Waals surface area contributed by atoms with Gasteiger partial charge >= 0.3 is 5.69 Å². The van der Waals surface area contributed by atoms with Gasteiger partial charge in [0, 0.05) is 23.6 Å². The van der Waals surface area contributed by atoms with E-state index in [4.69, 9.17) is 16.3 Å². The molecule has 0 aliphatic carbocycles. The molecule has 0 aliphatic rings. The number of benzene rings is 1. The quantitative estimate of drug-likeness (QED) is 0.497. The van der Waals surface area contributed by atoms with Crippen molar-refractivity contribution in [2.24, 2.45) is 5.92 Å². The molecule has 1 aromatic rings. The number of nitrogens with one attached hydrogen (secondary N) is 1. The largest absolute Gasteiger partial charge is 0.490 e. The minimum Gasteiger partial charge on any atom is -0.490 e. The van der Waals surface area contributed by atoms with E-state index in [1.807, 2.05) is 13.8 Å². The number of rotatable bonds is 6. The molecule has 0 saturated carbocycles. The molecule has 1 rings (SSSR count). The van der Waals surface area contributed by atoms with E-state index in [9.17, 15) is 14.9 Å². The lowest BCUT2D eigenvalue weighted by Gasteiger charge is -2.19. The number of nitrogens with zero attached hydrogens (tertiary/aromatic N) is 1. The summed E-state index contributed by atoms with van der Waals surface area (Å²) in [6.45, 7) is 3.75. The van der Waals surface area contributed by atoms with Gasteiger partial charge in [0.2, 0.25) is 0 Å². The predicted octanol–water partition coefficient (Wildman–Crippen LogP) is 2.60. The first kappa shape index (κ1) is 16.2. The normalized spacial score (nSPS) is 13.4. The lowest BCUT2D eigenvalue weighted by molar-refractivity contribution is -0.385. The molecule has 2 unspecified atom stereocenters. The third-order valence-corrected chi connectivity index (χ3v) is 3.58. The van der Waals surface area contributed by atoms with Crippen LogP contribution in [0, 0.1) is 16.0 Å². The highest BCUT2D eigenvalue weighted by atomic mass is 35.5. The molecular formula is C13H17ClN2O4. The van der Waals surface area contributed by atoms with Crippen LogP contribution in [0.4, 0.5) is 5.69 Å². The molecule has 0 heterocycles. The van der Waals surface area contributed by atoms with E-state index in [1.54, 1.807) is 0 Å². The maximum absolute atomic E-state index is 12.0. The first-order valence-electron chi connectivity index (χ1n) is 6.10. The van der Waals surface area contributed by atoms with Crippen molar-refractivity contribution in [3.63, 3.8) is 0 Å². The minimum atomic E-state index is -0.583. The third kappa shape index (κ3) is 3.84. The van der Waals surface area contributed by atoms with Crippen LogP contribution >= 0.6 is 11.6 Å². The van der Waals surface area contributed by atoms with Crippen LogP contribution in [0.25, 0.3) is 0 Å². The Morgan fingerprint density at radius 3 is 2.65 bits per heavy atom. The van der Waals surface area contributed by atoms with Crippen LogP contribution in [-0.2, 0) is 0 Å². The Kier molecular flexibility index (Phi) is 5.76. The Balaban J connectivity index is 2.94. The summed E-state index contributed by atoms with van der Waals surface area (Å²) >= 11 is 5.73. The Bertz CT molecular complexity index is 507. The monoisotopic (exact) mass is 300 g/mol. The number of hydrogen-bond donors (Lipinski definition) is 1. The summed E-state index contributed by atoms with van der Waals surface area (Å²) in [5.74, 6) is 0.271. The SMILES string of the molecule is COc1ccc(C(=O)NC(C)C(C)CCl)cc1[N+](=O)[O-]. The van der Waals surface area contributed by atoms with Crippen molar-refractivity contribution in [3.8, 4) is 5.75 Å². The van der Waals surface area contributed by atoms with E-state index in [1.165, 1.54) is 25.3 Å². The van der Waals surface area contributed by atoms with Crippen LogP contribution in [0.3, 0.4) is 0 Å². The van der Waals surface area contributed by atoms with Gasteiger partial charge in [-0.2, -0.15) is 0 Å². The fourth-order valence-corrected chi connectivity index (χ4v) is 1.81. The van der Waals surface area contributed by atoms with Crippen molar-refractivity contribution >= 4 is 23.2 Å². The van der Waals surface area contributed by atoms with Crippen LogP contribution < -0.4 is 10.1 Å². The number of alkyl halides is 1. The second-order valence-corrected chi connectivity index (χ2v) is 4.85. The number of nitro groups is 1. The van der Waals surface area contributed by atoms with Crippen molar-refractivity contribution in [1.82, 2.24) is 5.32 Å². The number of ether oxygens (including phenoxy) is 1. The van der Waals surface area contributed by atoms with Gasteiger partial charge in [0.05, 0.1) is 12.0 Å². The zero-order valence-corrected chi connectivity index (χ0v) is 12.3. The molecule has 110 valence electrons. The number of halogens is 1. The predicted molar refractivity (Wildman–Crippen MR) is 76.5 cm³/mol. The van der Waals surface area contributed by atoms with Gasteiger partial charge in [0.1, 0.15) is 0 Å². The first-order chi connectivity index (χ1) is 9.40. The summed E-state index contributed by atoms with van der Waals surface area (Å²) in [5, 5.41) is 13.7. The zero-order valence-electron chi connectivity index (χ0n) is 11.6. The van der Waals surface area contributed by atoms with Crippen molar-refractivity contribution < 1.29 is 14.5 Å². The van der Waals surface area contributed by atoms with E-state index < -0.39 is 4.92 Å². The molecule has 0 fully saturated rings. The fourth-order valence-electron chi connectivity index (χ4n) is 1.54. The summed E-state index contributed by atoms with van der Waals surface area (Å²) in [6.07, 6.45) is 0. The average molecular weight is 301 g/mol. The van der Waals surface area contributed by atoms with Gasteiger partial charge in [-0.05, 0) is 25.0 Å². The van der Waals surface area contributed by atoms with Crippen LogP contribution in [-0.4, -0.2) is 29.9 Å². The molecule has 0 spiro atoms.